The van der Waals surface area contributed by atoms with E-state index in [1.54, 1.807) is 25.1 Å². The van der Waals surface area contributed by atoms with Crippen LogP contribution in [0.2, 0.25) is 0 Å². The van der Waals surface area contributed by atoms with E-state index in [2.05, 4.69) is 21.2 Å². The number of nitrogens with one attached hydrogen (secondary N) is 1. The van der Waals surface area contributed by atoms with Crippen LogP contribution in [0.4, 0.5) is 10.1 Å². The second kappa shape index (κ2) is 11.8. The van der Waals surface area contributed by atoms with Crippen molar-refractivity contribution in [2.45, 2.75) is 52.7 Å². The predicted octanol–water partition coefficient (Wildman–Crippen LogP) is 3.99. The fourth-order valence-electron chi connectivity index (χ4n) is 3.23. The number of anilines is 1. The molecule has 0 aromatic heterocycles. The number of aryl methyl sites for hydroxylation is 1. The molecule has 0 aliphatic carbocycles. The summed E-state index contributed by atoms with van der Waals surface area (Å²) in [4.78, 5) is 27.6. The van der Waals surface area contributed by atoms with E-state index in [4.69, 9.17) is 0 Å². The molecule has 0 saturated heterocycles. The highest BCUT2D eigenvalue weighted by atomic mass is 79.9. The first-order valence-electron chi connectivity index (χ1n) is 10.9. The van der Waals surface area contributed by atoms with E-state index >= 15 is 0 Å². The molecule has 2 aromatic rings. The maximum Gasteiger partial charge on any atom is 0.244 e. The molecule has 0 bridgehead atoms. The van der Waals surface area contributed by atoms with Crippen molar-refractivity contribution >= 4 is 43.5 Å². The van der Waals surface area contributed by atoms with Crippen LogP contribution in [0.25, 0.3) is 0 Å². The van der Waals surface area contributed by atoms with E-state index in [1.807, 2.05) is 20.8 Å². The quantitative estimate of drug-likeness (QED) is 0.480. The SMILES string of the molecule is CC[C@@H](C)NC(=O)[C@@H](C)N(Cc1ccc(F)cc1)C(=O)CN(c1ccc(Br)c(C)c1)S(C)(=O)=O. The molecule has 0 radical (unpaired) electrons. The third-order valence-electron chi connectivity index (χ3n) is 5.54. The van der Waals surface area contributed by atoms with E-state index < -0.39 is 34.3 Å². The number of rotatable bonds is 10. The van der Waals surface area contributed by atoms with Gasteiger partial charge in [0.25, 0.3) is 0 Å². The molecule has 10 heteroatoms. The number of hydrogen-bond acceptors (Lipinski definition) is 4. The van der Waals surface area contributed by atoms with Crippen molar-refractivity contribution in [2.75, 3.05) is 17.1 Å². The van der Waals surface area contributed by atoms with Gasteiger partial charge in [-0.05, 0) is 68.7 Å². The molecule has 2 rings (SSSR count). The molecule has 2 atom stereocenters. The molecule has 186 valence electrons. The predicted molar refractivity (Wildman–Crippen MR) is 135 cm³/mol. The molecule has 7 nitrogen and oxygen atoms in total. The summed E-state index contributed by atoms with van der Waals surface area (Å²) in [5.74, 6) is -1.32. The number of nitrogens with zero attached hydrogens (tertiary/aromatic N) is 2. The van der Waals surface area contributed by atoms with Gasteiger partial charge in [0.1, 0.15) is 18.4 Å². The van der Waals surface area contributed by atoms with Gasteiger partial charge >= 0.3 is 0 Å². The largest absolute Gasteiger partial charge is 0.352 e. The summed E-state index contributed by atoms with van der Waals surface area (Å²) >= 11 is 3.39. The Labute approximate surface area is 209 Å². The molecular formula is C24H31BrFN3O4S. The minimum atomic E-state index is -3.80. The molecule has 2 amide bonds. The van der Waals surface area contributed by atoms with Gasteiger partial charge in [-0.3, -0.25) is 13.9 Å². The minimum absolute atomic E-state index is 0.0190. The lowest BCUT2D eigenvalue weighted by Crippen LogP contribution is -2.52. The van der Waals surface area contributed by atoms with Crippen LogP contribution in [0.5, 0.6) is 0 Å². The number of halogens is 2. The second-order valence-corrected chi connectivity index (χ2v) is 11.1. The van der Waals surface area contributed by atoms with Crippen molar-refractivity contribution in [3.05, 3.63) is 63.9 Å². The number of amides is 2. The van der Waals surface area contributed by atoms with Gasteiger partial charge in [-0.1, -0.05) is 35.0 Å². The molecule has 0 heterocycles. The number of benzene rings is 2. The Kier molecular flexibility index (Phi) is 9.64. The molecule has 34 heavy (non-hydrogen) atoms. The van der Waals surface area contributed by atoms with Crippen LogP contribution in [0.1, 0.15) is 38.3 Å². The van der Waals surface area contributed by atoms with E-state index in [-0.39, 0.29) is 18.5 Å². The van der Waals surface area contributed by atoms with E-state index in [1.165, 1.54) is 29.2 Å². The lowest BCUT2D eigenvalue weighted by molar-refractivity contribution is -0.139. The number of carbonyl (C=O) groups excluding carboxylic acids is 2. The smallest absolute Gasteiger partial charge is 0.244 e. The van der Waals surface area contributed by atoms with Crippen molar-refractivity contribution < 1.29 is 22.4 Å². The summed E-state index contributed by atoms with van der Waals surface area (Å²) in [5, 5.41) is 2.86. The fourth-order valence-corrected chi connectivity index (χ4v) is 4.32. The van der Waals surface area contributed by atoms with Crippen LogP contribution in [0.15, 0.2) is 46.9 Å². The lowest BCUT2D eigenvalue weighted by atomic mass is 10.1. The summed E-state index contributed by atoms with van der Waals surface area (Å²) in [6.07, 6.45) is 1.75. The van der Waals surface area contributed by atoms with Crippen molar-refractivity contribution in [1.82, 2.24) is 10.2 Å². The van der Waals surface area contributed by atoms with Crippen LogP contribution in [0, 0.1) is 12.7 Å². The maximum atomic E-state index is 13.5. The fraction of sp³-hybridized carbons (Fsp3) is 0.417. The van der Waals surface area contributed by atoms with Gasteiger partial charge in [0, 0.05) is 17.1 Å². The van der Waals surface area contributed by atoms with Crippen LogP contribution in [-0.2, 0) is 26.2 Å². The molecule has 0 aliphatic heterocycles. The molecule has 0 saturated carbocycles. The van der Waals surface area contributed by atoms with Gasteiger partial charge < -0.3 is 10.2 Å². The zero-order valence-corrected chi connectivity index (χ0v) is 22.4. The average molecular weight is 556 g/mol. The Balaban J connectivity index is 2.39. The molecule has 1 N–H and O–H groups in total. The van der Waals surface area contributed by atoms with Crippen LogP contribution < -0.4 is 9.62 Å². The Morgan fingerprint density at radius 2 is 1.74 bits per heavy atom. The third kappa shape index (κ3) is 7.53. The van der Waals surface area contributed by atoms with Gasteiger partial charge in [-0.25, -0.2) is 12.8 Å². The third-order valence-corrected chi connectivity index (χ3v) is 7.57. The van der Waals surface area contributed by atoms with Crippen molar-refractivity contribution in [3.8, 4) is 0 Å². The molecule has 0 spiro atoms. The standard InChI is InChI=1S/C24H31BrFN3O4S/c1-6-17(3)27-24(31)18(4)28(14-19-7-9-20(26)10-8-19)23(30)15-29(34(5,32)33)21-11-12-22(25)16(2)13-21/h7-13,17-18H,6,14-15H2,1-5H3,(H,27,31)/t17-,18-/m1/s1. The first-order valence-corrected chi connectivity index (χ1v) is 13.6. The normalized spacial score (nSPS) is 13.1. The van der Waals surface area contributed by atoms with Gasteiger partial charge in [0.2, 0.25) is 21.8 Å². The van der Waals surface area contributed by atoms with Gasteiger partial charge in [-0.2, -0.15) is 0 Å². The van der Waals surface area contributed by atoms with Crippen LogP contribution >= 0.6 is 15.9 Å². The molecule has 0 unspecified atom stereocenters. The molecule has 2 aromatic carbocycles. The Bertz CT molecular complexity index is 1130. The summed E-state index contributed by atoms with van der Waals surface area (Å²) < 4.78 is 40.4. The van der Waals surface area contributed by atoms with Crippen LogP contribution in [-0.4, -0.2) is 50.0 Å². The first kappa shape index (κ1) is 27.8. The second-order valence-electron chi connectivity index (χ2n) is 8.35. The van der Waals surface area contributed by atoms with E-state index in [0.717, 1.165) is 27.0 Å². The summed E-state index contributed by atoms with van der Waals surface area (Å²) in [5.41, 5.74) is 1.77. The van der Waals surface area contributed by atoms with E-state index in [9.17, 15) is 22.4 Å². The average Bonchev–Trinajstić information content (AvgIpc) is 2.77. The van der Waals surface area contributed by atoms with Gasteiger partial charge in [0.15, 0.2) is 0 Å². The Morgan fingerprint density at radius 1 is 1.12 bits per heavy atom. The van der Waals surface area contributed by atoms with E-state index in [0.29, 0.717) is 11.3 Å². The highest BCUT2D eigenvalue weighted by Gasteiger charge is 2.30. The number of carbonyl (C=O) groups is 2. The van der Waals surface area contributed by atoms with Gasteiger partial charge in [-0.15, -0.1) is 0 Å². The number of sulfonamides is 1. The summed E-state index contributed by atoms with van der Waals surface area (Å²) in [6.45, 7) is 6.73. The topological polar surface area (TPSA) is 86.8 Å². The lowest BCUT2D eigenvalue weighted by Gasteiger charge is -2.32. The number of hydrogen-bond donors (Lipinski definition) is 1. The van der Waals surface area contributed by atoms with Crippen molar-refractivity contribution in [3.63, 3.8) is 0 Å². The summed E-state index contributed by atoms with van der Waals surface area (Å²) in [7, 11) is -3.80. The first-order chi connectivity index (χ1) is 15.8. The van der Waals surface area contributed by atoms with Crippen molar-refractivity contribution in [2.24, 2.45) is 0 Å². The van der Waals surface area contributed by atoms with Gasteiger partial charge in [0.05, 0.1) is 11.9 Å². The highest BCUT2D eigenvalue weighted by Crippen LogP contribution is 2.25. The Hall–Kier alpha value is -2.46. The highest BCUT2D eigenvalue weighted by molar-refractivity contribution is 9.10. The maximum absolute atomic E-state index is 13.5. The molecule has 0 fully saturated rings. The zero-order chi connectivity index (χ0) is 25.6. The molecular weight excluding hydrogens is 525 g/mol. The zero-order valence-electron chi connectivity index (χ0n) is 20.0. The van der Waals surface area contributed by atoms with Crippen molar-refractivity contribution in [1.29, 1.82) is 0 Å². The van der Waals surface area contributed by atoms with Crippen LogP contribution in [0.3, 0.4) is 0 Å². The molecule has 0 aliphatic rings. The Morgan fingerprint density at radius 3 is 2.26 bits per heavy atom. The summed E-state index contributed by atoms with van der Waals surface area (Å²) in [6, 6.07) is 9.63. The monoisotopic (exact) mass is 555 g/mol. The minimum Gasteiger partial charge on any atom is -0.352 e.